The molecule has 0 aliphatic rings. The van der Waals surface area contributed by atoms with Crippen LogP contribution >= 0.6 is 23.5 Å². The SMILES string of the molecule is N=CCSCCSCC=N. The molecule has 4 heteroatoms. The highest BCUT2D eigenvalue weighted by molar-refractivity contribution is 8.03. The van der Waals surface area contributed by atoms with Crippen molar-refractivity contribution < 1.29 is 0 Å². The van der Waals surface area contributed by atoms with Gasteiger partial charge in [-0.15, -0.1) is 0 Å². The molecule has 0 unspecified atom stereocenters. The van der Waals surface area contributed by atoms with Crippen LogP contribution in [0.2, 0.25) is 0 Å². The second kappa shape index (κ2) is 9.04. The van der Waals surface area contributed by atoms with E-state index in [1.54, 1.807) is 23.5 Å². The zero-order valence-electron chi connectivity index (χ0n) is 5.80. The summed E-state index contributed by atoms with van der Waals surface area (Å²) in [5, 5.41) is 13.5. The molecule has 58 valence electrons. The lowest BCUT2D eigenvalue weighted by atomic mass is 10.9. The zero-order valence-corrected chi connectivity index (χ0v) is 7.43. The van der Waals surface area contributed by atoms with Crippen LogP contribution in [-0.2, 0) is 0 Å². The summed E-state index contributed by atoms with van der Waals surface area (Å²) in [4.78, 5) is 0. The highest BCUT2D eigenvalue weighted by Crippen LogP contribution is 2.04. The van der Waals surface area contributed by atoms with Crippen molar-refractivity contribution in [2.75, 3.05) is 23.0 Å². The summed E-state index contributed by atoms with van der Waals surface area (Å²) in [5.74, 6) is 3.83. The minimum atomic E-state index is 0.825. The van der Waals surface area contributed by atoms with Crippen LogP contribution in [0.3, 0.4) is 0 Å². The molecule has 0 bridgehead atoms. The molecule has 0 heterocycles. The molecule has 0 fully saturated rings. The summed E-state index contributed by atoms with van der Waals surface area (Å²) in [6, 6.07) is 0. The van der Waals surface area contributed by atoms with Crippen molar-refractivity contribution in [1.29, 1.82) is 10.8 Å². The molecule has 0 aromatic heterocycles. The lowest BCUT2D eigenvalue weighted by molar-refractivity contribution is 1.52. The van der Waals surface area contributed by atoms with Gasteiger partial charge in [0.2, 0.25) is 0 Å². The molecule has 0 rings (SSSR count). The largest absolute Gasteiger partial charge is 0.312 e. The first kappa shape index (κ1) is 10.0. The molecular weight excluding hydrogens is 164 g/mol. The van der Waals surface area contributed by atoms with Crippen molar-refractivity contribution in [3.8, 4) is 0 Å². The van der Waals surface area contributed by atoms with Gasteiger partial charge in [-0.3, -0.25) is 0 Å². The third-order valence-electron chi connectivity index (χ3n) is 0.774. The average Bonchev–Trinajstić information content (AvgIpc) is 1.97. The Kier molecular flexibility index (Phi) is 9.08. The van der Waals surface area contributed by atoms with Crippen LogP contribution in [0.5, 0.6) is 0 Å². The smallest absolute Gasteiger partial charge is 0.0281 e. The van der Waals surface area contributed by atoms with E-state index in [1.165, 1.54) is 12.4 Å². The maximum atomic E-state index is 6.73. The Bertz CT molecular complexity index is 83.7. The van der Waals surface area contributed by atoms with Crippen LogP contribution in [0.25, 0.3) is 0 Å². The van der Waals surface area contributed by atoms with E-state index in [2.05, 4.69) is 0 Å². The van der Waals surface area contributed by atoms with Crippen molar-refractivity contribution >= 4 is 36.0 Å². The summed E-state index contributed by atoms with van der Waals surface area (Å²) < 4.78 is 0. The first-order valence-corrected chi connectivity index (χ1v) is 5.36. The quantitative estimate of drug-likeness (QED) is 0.458. The molecule has 0 aromatic rings. The van der Waals surface area contributed by atoms with Crippen LogP contribution in [0.1, 0.15) is 0 Å². The summed E-state index contributed by atoms with van der Waals surface area (Å²) in [6.45, 7) is 0. The first-order valence-electron chi connectivity index (χ1n) is 3.05. The van der Waals surface area contributed by atoms with Crippen molar-refractivity contribution in [2.24, 2.45) is 0 Å². The van der Waals surface area contributed by atoms with Crippen molar-refractivity contribution in [2.45, 2.75) is 0 Å². The summed E-state index contributed by atoms with van der Waals surface area (Å²) in [5.41, 5.74) is 0. The van der Waals surface area contributed by atoms with Crippen LogP contribution in [0.4, 0.5) is 0 Å². The number of hydrogen-bond donors (Lipinski definition) is 2. The van der Waals surface area contributed by atoms with E-state index in [0.717, 1.165) is 23.0 Å². The van der Waals surface area contributed by atoms with E-state index in [-0.39, 0.29) is 0 Å². The number of nitrogens with one attached hydrogen (secondary N) is 2. The Labute approximate surface area is 70.2 Å². The number of thioether (sulfide) groups is 2. The molecule has 0 aliphatic carbocycles. The van der Waals surface area contributed by atoms with Gasteiger partial charge in [-0.25, -0.2) is 0 Å². The van der Waals surface area contributed by atoms with Gasteiger partial charge in [-0.05, 0) is 0 Å². The van der Waals surface area contributed by atoms with Gasteiger partial charge in [0.1, 0.15) is 0 Å². The Balaban J connectivity index is 2.76. The summed E-state index contributed by atoms with van der Waals surface area (Å²) >= 11 is 3.53. The Hall–Kier alpha value is 0.0400. The van der Waals surface area contributed by atoms with E-state index in [9.17, 15) is 0 Å². The van der Waals surface area contributed by atoms with Crippen LogP contribution in [0, 0.1) is 10.8 Å². The van der Waals surface area contributed by atoms with Gasteiger partial charge >= 0.3 is 0 Å². The normalized spacial score (nSPS) is 9.20. The molecule has 0 atom stereocenters. The summed E-state index contributed by atoms with van der Waals surface area (Å²) in [6.07, 6.45) is 2.85. The Morgan fingerprint density at radius 3 is 1.60 bits per heavy atom. The fourth-order valence-corrected chi connectivity index (χ4v) is 1.91. The predicted octanol–water partition coefficient (Wildman–Crippen LogP) is 1.75. The third kappa shape index (κ3) is 8.04. The number of hydrogen-bond acceptors (Lipinski definition) is 4. The molecule has 0 saturated carbocycles. The molecule has 0 amide bonds. The van der Waals surface area contributed by atoms with E-state index in [4.69, 9.17) is 10.8 Å². The van der Waals surface area contributed by atoms with Crippen molar-refractivity contribution in [1.82, 2.24) is 0 Å². The Morgan fingerprint density at radius 2 is 1.30 bits per heavy atom. The van der Waals surface area contributed by atoms with Crippen molar-refractivity contribution in [3.05, 3.63) is 0 Å². The number of rotatable bonds is 7. The second-order valence-electron chi connectivity index (χ2n) is 1.56. The maximum Gasteiger partial charge on any atom is 0.0281 e. The molecule has 10 heavy (non-hydrogen) atoms. The molecule has 0 aromatic carbocycles. The zero-order chi connectivity index (χ0) is 7.66. The van der Waals surface area contributed by atoms with Gasteiger partial charge in [0, 0.05) is 35.4 Å². The molecule has 0 aliphatic heterocycles. The van der Waals surface area contributed by atoms with E-state index >= 15 is 0 Å². The van der Waals surface area contributed by atoms with E-state index in [1.807, 2.05) is 0 Å². The van der Waals surface area contributed by atoms with Gasteiger partial charge < -0.3 is 10.8 Å². The molecule has 0 saturated heterocycles. The second-order valence-corrected chi connectivity index (χ2v) is 3.86. The van der Waals surface area contributed by atoms with Crippen LogP contribution in [-0.4, -0.2) is 35.4 Å². The minimum absolute atomic E-state index is 0.825. The maximum absolute atomic E-state index is 6.73. The average molecular weight is 176 g/mol. The van der Waals surface area contributed by atoms with Gasteiger partial charge in [-0.1, -0.05) is 0 Å². The minimum Gasteiger partial charge on any atom is -0.312 e. The predicted molar refractivity (Wildman–Crippen MR) is 52.2 cm³/mol. The standard InChI is InChI=1S/C6H12N2S2/c7-1-3-9-5-6-10-4-2-8/h1-2,7-8H,3-6H2. The summed E-state index contributed by atoms with van der Waals surface area (Å²) in [7, 11) is 0. The Morgan fingerprint density at radius 1 is 0.900 bits per heavy atom. The van der Waals surface area contributed by atoms with Crippen LogP contribution in [0.15, 0.2) is 0 Å². The molecule has 2 N–H and O–H groups in total. The fourth-order valence-electron chi connectivity index (χ4n) is 0.402. The molecular formula is C6H12N2S2. The van der Waals surface area contributed by atoms with Gasteiger partial charge in [0.05, 0.1) is 0 Å². The molecule has 2 nitrogen and oxygen atoms in total. The van der Waals surface area contributed by atoms with Gasteiger partial charge in [0.25, 0.3) is 0 Å². The van der Waals surface area contributed by atoms with Gasteiger partial charge in [-0.2, -0.15) is 23.5 Å². The van der Waals surface area contributed by atoms with Crippen LogP contribution < -0.4 is 0 Å². The lowest BCUT2D eigenvalue weighted by Gasteiger charge is -1.94. The van der Waals surface area contributed by atoms with E-state index < -0.39 is 0 Å². The fraction of sp³-hybridized carbons (Fsp3) is 0.667. The first-order chi connectivity index (χ1) is 4.91. The lowest BCUT2D eigenvalue weighted by Crippen LogP contribution is -1.88. The third-order valence-corrected chi connectivity index (χ3v) is 2.82. The topological polar surface area (TPSA) is 47.7 Å². The highest BCUT2D eigenvalue weighted by atomic mass is 32.2. The molecule has 0 radical (unpaired) electrons. The van der Waals surface area contributed by atoms with Crippen molar-refractivity contribution in [3.63, 3.8) is 0 Å². The highest BCUT2D eigenvalue weighted by Gasteiger charge is 1.86. The monoisotopic (exact) mass is 176 g/mol. The van der Waals surface area contributed by atoms with E-state index in [0.29, 0.717) is 0 Å². The van der Waals surface area contributed by atoms with Gasteiger partial charge in [0.15, 0.2) is 0 Å². The molecule has 0 spiro atoms.